The number of H-pyrrole nitrogens is 1. The number of carbonyl (C=O) groups is 1. The first-order chi connectivity index (χ1) is 8.10. The number of aliphatic hydroxyl groups excluding tert-OH is 1. The molecule has 2 aromatic rings. The van der Waals surface area contributed by atoms with Crippen molar-refractivity contribution in [3.8, 4) is 0 Å². The Morgan fingerprint density at radius 2 is 2.35 bits per heavy atom. The molecule has 1 aromatic heterocycles. The average Bonchev–Trinajstić information content (AvgIpc) is 2.67. The van der Waals surface area contributed by atoms with Crippen LogP contribution in [0.3, 0.4) is 0 Å². The minimum absolute atomic E-state index is 0.338. The first-order valence-corrected chi connectivity index (χ1v) is 4.90. The predicted octanol–water partition coefficient (Wildman–Crippen LogP) is -0.621. The van der Waals surface area contributed by atoms with Crippen LogP contribution in [0, 0.1) is 0 Å². The van der Waals surface area contributed by atoms with Crippen LogP contribution in [0.15, 0.2) is 27.4 Å². The SMILES string of the molecule is NC(CO)C(=O)Nc1ccc2[nH]c(=O)oc2c1. The normalized spacial score (nSPS) is 12.6. The number of aliphatic hydroxyl groups is 1. The Balaban J connectivity index is 2.24. The molecule has 1 atom stereocenters. The Kier molecular flexibility index (Phi) is 2.94. The fourth-order valence-corrected chi connectivity index (χ4v) is 1.34. The molecule has 1 aromatic carbocycles. The van der Waals surface area contributed by atoms with Crippen LogP contribution in [0.25, 0.3) is 11.1 Å². The van der Waals surface area contributed by atoms with Crippen molar-refractivity contribution >= 4 is 22.7 Å². The molecular weight excluding hydrogens is 226 g/mol. The van der Waals surface area contributed by atoms with Crippen molar-refractivity contribution in [3.05, 3.63) is 28.7 Å². The van der Waals surface area contributed by atoms with Gasteiger partial charge in [0.1, 0.15) is 6.04 Å². The number of hydrogen-bond donors (Lipinski definition) is 4. The Bertz CT molecular complexity index is 601. The van der Waals surface area contributed by atoms with Crippen LogP contribution in [0.5, 0.6) is 0 Å². The van der Waals surface area contributed by atoms with Crippen LogP contribution in [0.2, 0.25) is 0 Å². The second kappa shape index (κ2) is 4.40. The van der Waals surface area contributed by atoms with Crippen LogP contribution in [0.1, 0.15) is 0 Å². The smallest absolute Gasteiger partial charge is 0.408 e. The number of rotatable bonds is 3. The zero-order valence-electron chi connectivity index (χ0n) is 8.77. The number of hydrogen-bond acceptors (Lipinski definition) is 5. The lowest BCUT2D eigenvalue weighted by atomic mass is 10.2. The molecule has 17 heavy (non-hydrogen) atoms. The summed E-state index contributed by atoms with van der Waals surface area (Å²) in [6, 6.07) is 3.70. The second-order valence-corrected chi connectivity index (χ2v) is 3.50. The number of carbonyl (C=O) groups excluding carboxylic acids is 1. The molecule has 5 N–H and O–H groups in total. The van der Waals surface area contributed by atoms with E-state index in [0.29, 0.717) is 16.8 Å². The van der Waals surface area contributed by atoms with Gasteiger partial charge >= 0.3 is 5.76 Å². The largest absolute Gasteiger partial charge is 0.417 e. The van der Waals surface area contributed by atoms with Gasteiger partial charge in [0.05, 0.1) is 12.1 Å². The summed E-state index contributed by atoms with van der Waals surface area (Å²) in [5.74, 6) is -1.07. The first kappa shape index (κ1) is 11.4. The molecule has 2 rings (SSSR count). The monoisotopic (exact) mass is 237 g/mol. The molecule has 0 saturated carbocycles. The van der Waals surface area contributed by atoms with Crippen LogP contribution in [-0.2, 0) is 4.79 Å². The van der Waals surface area contributed by atoms with E-state index in [-0.39, 0.29) is 0 Å². The van der Waals surface area contributed by atoms with Gasteiger partial charge in [-0.1, -0.05) is 0 Å². The van der Waals surface area contributed by atoms with Gasteiger partial charge in [0.15, 0.2) is 5.58 Å². The molecule has 0 bridgehead atoms. The van der Waals surface area contributed by atoms with Gasteiger partial charge in [0.2, 0.25) is 5.91 Å². The quantitative estimate of drug-likeness (QED) is 0.566. The molecule has 1 heterocycles. The van der Waals surface area contributed by atoms with Crippen LogP contribution in [-0.4, -0.2) is 28.6 Å². The van der Waals surface area contributed by atoms with E-state index in [4.69, 9.17) is 15.3 Å². The highest BCUT2D eigenvalue weighted by Gasteiger charge is 2.12. The van der Waals surface area contributed by atoms with E-state index in [1.165, 1.54) is 6.07 Å². The lowest BCUT2D eigenvalue weighted by Gasteiger charge is -2.08. The van der Waals surface area contributed by atoms with Gasteiger partial charge < -0.3 is 20.6 Å². The summed E-state index contributed by atoms with van der Waals surface area (Å²) >= 11 is 0. The maximum absolute atomic E-state index is 11.4. The highest BCUT2D eigenvalue weighted by Crippen LogP contribution is 2.16. The second-order valence-electron chi connectivity index (χ2n) is 3.50. The molecular formula is C10H11N3O4. The molecule has 0 fully saturated rings. The summed E-state index contributed by atoms with van der Waals surface area (Å²) in [5.41, 5.74) is 6.66. The molecule has 90 valence electrons. The van der Waals surface area contributed by atoms with Crippen LogP contribution >= 0.6 is 0 Å². The number of anilines is 1. The lowest BCUT2D eigenvalue weighted by molar-refractivity contribution is -0.118. The predicted molar refractivity (Wildman–Crippen MR) is 60.5 cm³/mol. The fourth-order valence-electron chi connectivity index (χ4n) is 1.34. The molecule has 0 aliphatic rings. The van der Waals surface area contributed by atoms with Crippen molar-refractivity contribution in [1.82, 2.24) is 4.98 Å². The van der Waals surface area contributed by atoms with Crippen molar-refractivity contribution < 1.29 is 14.3 Å². The fraction of sp³-hybridized carbons (Fsp3) is 0.200. The van der Waals surface area contributed by atoms with Gasteiger partial charge in [-0.05, 0) is 12.1 Å². The van der Waals surface area contributed by atoms with Crippen molar-refractivity contribution in [2.75, 3.05) is 11.9 Å². The summed E-state index contributed by atoms with van der Waals surface area (Å²) in [6.07, 6.45) is 0. The summed E-state index contributed by atoms with van der Waals surface area (Å²) in [6.45, 7) is -0.437. The Labute approximate surface area is 95.2 Å². The Morgan fingerprint density at radius 3 is 3.06 bits per heavy atom. The first-order valence-electron chi connectivity index (χ1n) is 4.90. The van der Waals surface area contributed by atoms with E-state index < -0.39 is 24.3 Å². The molecule has 7 heteroatoms. The van der Waals surface area contributed by atoms with E-state index in [2.05, 4.69) is 10.3 Å². The average molecular weight is 237 g/mol. The molecule has 0 saturated heterocycles. The summed E-state index contributed by atoms with van der Waals surface area (Å²) in [4.78, 5) is 24.8. The van der Waals surface area contributed by atoms with Crippen molar-refractivity contribution in [3.63, 3.8) is 0 Å². The Morgan fingerprint density at radius 1 is 1.59 bits per heavy atom. The van der Waals surface area contributed by atoms with E-state index in [0.717, 1.165) is 0 Å². The highest BCUT2D eigenvalue weighted by atomic mass is 16.4. The third-order valence-electron chi connectivity index (χ3n) is 2.22. The molecule has 0 spiro atoms. The van der Waals surface area contributed by atoms with Crippen molar-refractivity contribution in [2.45, 2.75) is 6.04 Å². The number of amides is 1. The number of aromatic nitrogens is 1. The standard InChI is InChI=1S/C10H11N3O4/c11-6(4-14)9(15)12-5-1-2-7-8(3-5)17-10(16)13-7/h1-3,6,14H,4,11H2,(H,12,15)(H,13,16). The van der Waals surface area contributed by atoms with Gasteiger partial charge in [-0.15, -0.1) is 0 Å². The van der Waals surface area contributed by atoms with Gasteiger partial charge in [-0.25, -0.2) is 4.79 Å². The molecule has 7 nitrogen and oxygen atoms in total. The molecule has 0 aliphatic carbocycles. The summed E-state index contributed by atoms with van der Waals surface area (Å²) < 4.78 is 4.83. The van der Waals surface area contributed by atoms with Crippen molar-refractivity contribution in [2.24, 2.45) is 5.73 Å². The zero-order chi connectivity index (χ0) is 12.4. The van der Waals surface area contributed by atoms with E-state index in [1.807, 2.05) is 0 Å². The molecule has 0 radical (unpaired) electrons. The number of fused-ring (bicyclic) bond motifs is 1. The third-order valence-corrected chi connectivity index (χ3v) is 2.22. The van der Waals surface area contributed by atoms with E-state index in [1.54, 1.807) is 12.1 Å². The summed E-state index contributed by atoms with van der Waals surface area (Å²) in [7, 11) is 0. The van der Waals surface area contributed by atoms with Crippen LogP contribution < -0.4 is 16.8 Å². The number of oxazole rings is 1. The minimum Gasteiger partial charge on any atom is -0.408 e. The lowest BCUT2D eigenvalue weighted by Crippen LogP contribution is -2.38. The van der Waals surface area contributed by atoms with E-state index in [9.17, 15) is 9.59 Å². The zero-order valence-corrected chi connectivity index (χ0v) is 8.77. The molecule has 1 amide bonds. The van der Waals surface area contributed by atoms with Crippen LogP contribution in [0.4, 0.5) is 5.69 Å². The number of benzene rings is 1. The van der Waals surface area contributed by atoms with Gasteiger partial charge in [0.25, 0.3) is 0 Å². The maximum atomic E-state index is 11.4. The van der Waals surface area contributed by atoms with Gasteiger partial charge in [-0.3, -0.25) is 9.78 Å². The van der Waals surface area contributed by atoms with Crippen molar-refractivity contribution in [1.29, 1.82) is 0 Å². The Hall–Kier alpha value is -2.12. The maximum Gasteiger partial charge on any atom is 0.417 e. The third kappa shape index (κ3) is 2.35. The van der Waals surface area contributed by atoms with Gasteiger partial charge in [-0.2, -0.15) is 0 Å². The number of nitrogens with two attached hydrogens (primary N) is 1. The summed E-state index contributed by atoms with van der Waals surface area (Å²) in [5, 5.41) is 11.2. The topological polar surface area (TPSA) is 121 Å². The van der Waals surface area contributed by atoms with Gasteiger partial charge in [0, 0.05) is 11.8 Å². The highest BCUT2D eigenvalue weighted by molar-refractivity contribution is 5.96. The minimum atomic E-state index is -0.982. The number of aromatic amines is 1. The number of nitrogens with one attached hydrogen (secondary N) is 2. The van der Waals surface area contributed by atoms with E-state index >= 15 is 0 Å². The molecule has 0 aliphatic heterocycles. The molecule has 1 unspecified atom stereocenters.